The van der Waals surface area contributed by atoms with E-state index >= 15 is 0 Å². The molecule has 0 fully saturated rings. The van der Waals surface area contributed by atoms with Gasteiger partial charge in [0.25, 0.3) is 0 Å². The molecule has 98 valence electrons. The lowest BCUT2D eigenvalue weighted by atomic mass is 10.1. The molecule has 0 radical (unpaired) electrons. The van der Waals surface area contributed by atoms with Crippen LogP contribution in [0.1, 0.15) is 25.8 Å². The van der Waals surface area contributed by atoms with Crippen molar-refractivity contribution in [3.8, 4) is 0 Å². The van der Waals surface area contributed by atoms with Gasteiger partial charge in [0, 0.05) is 18.8 Å². The molecule has 1 rings (SSSR count). The zero-order valence-electron chi connectivity index (χ0n) is 11.1. The maximum absolute atomic E-state index is 10.7. The van der Waals surface area contributed by atoms with Crippen molar-refractivity contribution >= 4 is 11.7 Å². The number of carbonyl (C=O) groups is 1. The molecular formula is C15H21NO2. The molecule has 0 aliphatic rings. The highest BCUT2D eigenvalue weighted by atomic mass is 16.4. The van der Waals surface area contributed by atoms with Crippen LogP contribution in [0.3, 0.4) is 0 Å². The van der Waals surface area contributed by atoms with E-state index in [4.69, 9.17) is 5.11 Å². The van der Waals surface area contributed by atoms with Crippen molar-refractivity contribution in [2.75, 3.05) is 18.0 Å². The first-order valence-electron chi connectivity index (χ1n) is 6.23. The van der Waals surface area contributed by atoms with Crippen LogP contribution in [0.4, 0.5) is 5.69 Å². The first kappa shape index (κ1) is 14.3. The van der Waals surface area contributed by atoms with Crippen LogP contribution in [0.5, 0.6) is 0 Å². The first-order chi connectivity index (χ1) is 8.52. The summed E-state index contributed by atoms with van der Waals surface area (Å²) in [6.07, 6.45) is 1.15. The van der Waals surface area contributed by atoms with E-state index < -0.39 is 5.97 Å². The quantitative estimate of drug-likeness (QED) is 0.753. The Kier molecular flexibility index (Phi) is 5.43. The maximum Gasteiger partial charge on any atom is 0.305 e. The fraction of sp³-hybridized carbons (Fsp3) is 0.400. The van der Waals surface area contributed by atoms with Crippen molar-refractivity contribution in [1.29, 1.82) is 0 Å². The van der Waals surface area contributed by atoms with Crippen LogP contribution in [0.2, 0.25) is 0 Å². The monoisotopic (exact) mass is 247 g/mol. The minimum Gasteiger partial charge on any atom is -0.481 e. The Morgan fingerprint density at radius 2 is 1.94 bits per heavy atom. The SMILES string of the molecule is C=C(C)CN(CCC(=O)O)c1ccc(CC)cc1. The second-order valence-electron chi connectivity index (χ2n) is 4.54. The molecule has 1 aromatic carbocycles. The normalized spacial score (nSPS) is 10.1. The molecule has 1 N–H and O–H groups in total. The molecule has 0 saturated heterocycles. The highest BCUT2D eigenvalue weighted by molar-refractivity contribution is 5.67. The van der Waals surface area contributed by atoms with Crippen LogP contribution < -0.4 is 4.90 Å². The predicted octanol–water partition coefficient (Wildman–Crippen LogP) is 3.11. The van der Waals surface area contributed by atoms with Gasteiger partial charge in [-0.15, -0.1) is 0 Å². The van der Waals surface area contributed by atoms with E-state index in [0.717, 1.165) is 17.7 Å². The summed E-state index contributed by atoms with van der Waals surface area (Å²) in [6, 6.07) is 8.26. The molecule has 0 aliphatic heterocycles. The zero-order valence-corrected chi connectivity index (χ0v) is 11.1. The molecule has 1 aromatic rings. The molecule has 0 spiro atoms. The van der Waals surface area contributed by atoms with Crippen molar-refractivity contribution in [1.82, 2.24) is 0 Å². The Balaban J connectivity index is 2.79. The highest BCUT2D eigenvalue weighted by Gasteiger charge is 2.08. The van der Waals surface area contributed by atoms with E-state index in [1.54, 1.807) is 0 Å². The summed E-state index contributed by atoms with van der Waals surface area (Å²) < 4.78 is 0. The molecule has 0 aromatic heterocycles. The molecule has 18 heavy (non-hydrogen) atoms. The third-order valence-electron chi connectivity index (χ3n) is 2.77. The lowest BCUT2D eigenvalue weighted by Gasteiger charge is -2.24. The second-order valence-corrected chi connectivity index (χ2v) is 4.54. The number of aliphatic carboxylic acids is 1. The number of carboxylic acids is 1. The van der Waals surface area contributed by atoms with Gasteiger partial charge in [0.1, 0.15) is 0 Å². The minimum absolute atomic E-state index is 0.142. The molecule has 3 nitrogen and oxygen atoms in total. The summed E-state index contributed by atoms with van der Waals surface area (Å²) in [5, 5.41) is 8.78. The van der Waals surface area contributed by atoms with E-state index in [1.807, 2.05) is 19.1 Å². The fourth-order valence-corrected chi connectivity index (χ4v) is 1.80. The van der Waals surface area contributed by atoms with Crippen LogP contribution in [-0.4, -0.2) is 24.2 Å². The molecule has 0 saturated carbocycles. The molecule has 0 amide bonds. The predicted molar refractivity (Wildman–Crippen MR) is 75.1 cm³/mol. The van der Waals surface area contributed by atoms with Gasteiger partial charge in [-0.25, -0.2) is 0 Å². The lowest BCUT2D eigenvalue weighted by Crippen LogP contribution is -2.27. The molecular weight excluding hydrogens is 226 g/mol. The topological polar surface area (TPSA) is 40.5 Å². The minimum atomic E-state index is -0.771. The Labute approximate surface area is 109 Å². The molecule has 0 bridgehead atoms. The maximum atomic E-state index is 10.7. The first-order valence-corrected chi connectivity index (χ1v) is 6.23. The van der Waals surface area contributed by atoms with Gasteiger partial charge < -0.3 is 10.0 Å². The number of hydrogen-bond donors (Lipinski definition) is 1. The summed E-state index contributed by atoms with van der Waals surface area (Å²) in [5.41, 5.74) is 3.36. The van der Waals surface area contributed by atoms with Crippen molar-refractivity contribution in [2.45, 2.75) is 26.7 Å². The number of anilines is 1. The molecule has 3 heteroatoms. The Hall–Kier alpha value is -1.77. The van der Waals surface area contributed by atoms with Crippen LogP contribution in [0.25, 0.3) is 0 Å². The number of hydrogen-bond acceptors (Lipinski definition) is 2. The van der Waals surface area contributed by atoms with Gasteiger partial charge in [-0.3, -0.25) is 4.79 Å². The summed E-state index contributed by atoms with van der Waals surface area (Å²) in [4.78, 5) is 12.7. The molecule has 0 atom stereocenters. The Morgan fingerprint density at radius 1 is 1.33 bits per heavy atom. The van der Waals surface area contributed by atoms with Gasteiger partial charge in [0.2, 0.25) is 0 Å². The van der Waals surface area contributed by atoms with E-state index in [-0.39, 0.29) is 6.42 Å². The van der Waals surface area contributed by atoms with Crippen molar-refractivity contribution in [2.24, 2.45) is 0 Å². The van der Waals surface area contributed by atoms with E-state index in [2.05, 4.69) is 30.5 Å². The Bertz CT molecular complexity index is 409. The number of rotatable bonds is 7. The van der Waals surface area contributed by atoms with Crippen LogP contribution in [-0.2, 0) is 11.2 Å². The van der Waals surface area contributed by atoms with Gasteiger partial charge in [-0.05, 0) is 31.0 Å². The molecule has 0 heterocycles. The highest BCUT2D eigenvalue weighted by Crippen LogP contribution is 2.17. The fourth-order valence-electron chi connectivity index (χ4n) is 1.80. The van der Waals surface area contributed by atoms with Gasteiger partial charge in [-0.1, -0.05) is 31.2 Å². The van der Waals surface area contributed by atoms with Crippen LogP contribution >= 0.6 is 0 Å². The third kappa shape index (κ3) is 4.62. The van der Waals surface area contributed by atoms with Crippen molar-refractivity contribution in [3.05, 3.63) is 42.0 Å². The van der Waals surface area contributed by atoms with Gasteiger partial charge in [0.05, 0.1) is 6.42 Å². The van der Waals surface area contributed by atoms with Crippen molar-refractivity contribution in [3.63, 3.8) is 0 Å². The lowest BCUT2D eigenvalue weighted by molar-refractivity contribution is -0.136. The Morgan fingerprint density at radius 3 is 2.39 bits per heavy atom. The average molecular weight is 247 g/mol. The van der Waals surface area contributed by atoms with Crippen molar-refractivity contribution < 1.29 is 9.90 Å². The summed E-state index contributed by atoms with van der Waals surface area (Å²) in [6.45, 7) is 9.16. The summed E-state index contributed by atoms with van der Waals surface area (Å²) >= 11 is 0. The average Bonchev–Trinajstić information content (AvgIpc) is 2.34. The van der Waals surface area contributed by atoms with Gasteiger partial charge in [-0.2, -0.15) is 0 Å². The number of aryl methyl sites for hydroxylation is 1. The van der Waals surface area contributed by atoms with E-state index in [0.29, 0.717) is 13.1 Å². The number of nitrogens with zero attached hydrogens (tertiary/aromatic N) is 1. The van der Waals surface area contributed by atoms with Gasteiger partial charge >= 0.3 is 5.97 Å². The van der Waals surface area contributed by atoms with E-state index in [1.165, 1.54) is 5.56 Å². The third-order valence-corrected chi connectivity index (χ3v) is 2.77. The second kappa shape index (κ2) is 6.84. The largest absolute Gasteiger partial charge is 0.481 e. The van der Waals surface area contributed by atoms with Crippen LogP contribution in [0.15, 0.2) is 36.4 Å². The van der Waals surface area contributed by atoms with E-state index in [9.17, 15) is 4.79 Å². The smallest absolute Gasteiger partial charge is 0.305 e. The summed E-state index contributed by atoms with van der Waals surface area (Å²) in [5.74, 6) is -0.771. The number of benzene rings is 1. The van der Waals surface area contributed by atoms with Crippen LogP contribution in [0, 0.1) is 0 Å². The molecule has 0 aliphatic carbocycles. The molecule has 0 unspecified atom stereocenters. The van der Waals surface area contributed by atoms with Gasteiger partial charge in [0.15, 0.2) is 0 Å². The summed E-state index contributed by atoms with van der Waals surface area (Å²) in [7, 11) is 0. The standard InChI is InChI=1S/C15H21NO2/c1-4-13-5-7-14(8-6-13)16(11-12(2)3)10-9-15(17)18/h5-8H,2,4,9-11H2,1,3H3,(H,17,18). The number of carboxylic acid groups (broad SMARTS) is 1. The zero-order chi connectivity index (χ0) is 13.5.